The molecule has 0 fully saturated rings. The number of hydrogen-bond acceptors (Lipinski definition) is 3. The Morgan fingerprint density at radius 3 is 2.59 bits per heavy atom. The molecule has 0 spiro atoms. The molecule has 108 valence electrons. The van der Waals surface area contributed by atoms with Crippen molar-refractivity contribution in [2.45, 2.75) is 6.92 Å². The van der Waals surface area contributed by atoms with Crippen LogP contribution in [0.15, 0.2) is 63.8 Å². The van der Waals surface area contributed by atoms with Gasteiger partial charge < -0.3 is 4.42 Å². The zero-order valence-electron chi connectivity index (χ0n) is 11.9. The molecule has 0 unspecified atom stereocenters. The van der Waals surface area contributed by atoms with Crippen LogP contribution in [0.4, 0.5) is 0 Å². The maximum Gasteiger partial charge on any atom is 0.280 e. The SMILES string of the molecule is Cc1ccc(-c2ccc3c(=O)n(-c4ccccc4)[nH]c3n2)o1. The Morgan fingerprint density at radius 2 is 1.86 bits per heavy atom. The first-order valence-electron chi connectivity index (χ1n) is 6.96. The van der Waals surface area contributed by atoms with Crippen LogP contribution in [-0.2, 0) is 0 Å². The molecule has 0 aliphatic heterocycles. The molecule has 3 aromatic heterocycles. The van der Waals surface area contributed by atoms with E-state index in [1.54, 1.807) is 12.1 Å². The quantitative estimate of drug-likeness (QED) is 0.616. The molecule has 0 aliphatic carbocycles. The molecule has 1 aromatic carbocycles. The van der Waals surface area contributed by atoms with Gasteiger partial charge in [-0.05, 0) is 43.3 Å². The third-order valence-electron chi connectivity index (χ3n) is 3.55. The lowest BCUT2D eigenvalue weighted by molar-refractivity contribution is 0.546. The Hall–Kier alpha value is -3.08. The van der Waals surface area contributed by atoms with Gasteiger partial charge in [0.25, 0.3) is 5.56 Å². The molecule has 0 bridgehead atoms. The number of nitrogens with one attached hydrogen (secondary N) is 1. The van der Waals surface area contributed by atoms with Crippen molar-refractivity contribution >= 4 is 11.0 Å². The molecule has 3 heterocycles. The summed E-state index contributed by atoms with van der Waals surface area (Å²) in [5, 5.41) is 3.60. The third-order valence-corrected chi connectivity index (χ3v) is 3.55. The summed E-state index contributed by atoms with van der Waals surface area (Å²) in [4.78, 5) is 16.9. The molecule has 22 heavy (non-hydrogen) atoms. The number of fused-ring (bicyclic) bond motifs is 1. The van der Waals surface area contributed by atoms with Crippen LogP contribution in [0.5, 0.6) is 0 Å². The van der Waals surface area contributed by atoms with Gasteiger partial charge in [-0.1, -0.05) is 18.2 Å². The molecule has 4 aromatic rings. The number of benzene rings is 1. The molecule has 0 aliphatic rings. The third kappa shape index (κ3) is 1.95. The van der Waals surface area contributed by atoms with Crippen molar-refractivity contribution < 1.29 is 4.42 Å². The highest BCUT2D eigenvalue weighted by atomic mass is 16.3. The summed E-state index contributed by atoms with van der Waals surface area (Å²) in [7, 11) is 0. The minimum absolute atomic E-state index is 0.115. The van der Waals surface area contributed by atoms with E-state index >= 15 is 0 Å². The predicted octanol–water partition coefficient (Wildman–Crippen LogP) is 3.28. The van der Waals surface area contributed by atoms with E-state index in [2.05, 4.69) is 10.1 Å². The van der Waals surface area contributed by atoms with Gasteiger partial charge in [0.2, 0.25) is 0 Å². The number of aromatic nitrogens is 3. The van der Waals surface area contributed by atoms with Gasteiger partial charge in [-0.2, -0.15) is 0 Å². The van der Waals surface area contributed by atoms with Gasteiger partial charge in [0.1, 0.15) is 11.5 Å². The van der Waals surface area contributed by atoms with Gasteiger partial charge in [-0.15, -0.1) is 0 Å². The lowest BCUT2D eigenvalue weighted by Crippen LogP contribution is -2.13. The van der Waals surface area contributed by atoms with E-state index in [4.69, 9.17) is 4.42 Å². The lowest BCUT2D eigenvalue weighted by atomic mass is 10.2. The van der Waals surface area contributed by atoms with Crippen LogP contribution in [0.3, 0.4) is 0 Å². The monoisotopic (exact) mass is 291 g/mol. The number of pyridine rings is 1. The second kappa shape index (κ2) is 4.73. The Labute approximate surface area is 125 Å². The molecular weight excluding hydrogens is 278 g/mol. The first kappa shape index (κ1) is 12.6. The topological polar surface area (TPSA) is 63.8 Å². The summed E-state index contributed by atoms with van der Waals surface area (Å²) >= 11 is 0. The second-order valence-corrected chi connectivity index (χ2v) is 5.09. The minimum atomic E-state index is -0.115. The van der Waals surface area contributed by atoms with Crippen LogP contribution in [0.2, 0.25) is 0 Å². The van der Waals surface area contributed by atoms with E-state index in [-0.39, 0.29) is 5.56 Å². The molecule has 0 saturated heterocycles. The average Bonchev–Trinajstić information content (AvgIpc) is 3.12. The Morgan fingerprint density at radius 1 is 1.05 bits per heavy atom. The van der Waals surface area contributed by atoms with E-state index < -0.39 is 0 Å². The fourth-order valence-corrected chi connectivity index (χ4v) is 2.46. The van der Waals surface area contributed by atoms with E-state index in [1.807, 2.05) is 49.4 Å². The maximum absolute atomic E-state index is 12.4. The molecule has 4 rings (SSSR count). The lowest BCUT2D eigenvalue weighted by Gasteiger charge is -1.99. The van der Waals surface area contributed by atoms with Crippen molar-refractivity contribution in [1.29, 1.82) is 0 Å². The Balaban J connectivity index is 1.90. The van der Waals surface area contributed by atoms with Crippen LogP contribution in [0, 0.1) is 6.92 Å². The highest BCUT2D eigenvalue weighted by Crippen LogP contribution is 2.21. The molecule has 5 heteroatoms. The normalized spacial score (nSPS) is 11.1. The van der Waals surface area contributed by atoms with Crippen molar-refractivity contribution in [2.75, 3.05) is 0 Å². The van der Waals surface area contributed by atoms with Crippen LogP contribution in [0.25, 0.3) is 28.2 Å². The summed E-state index contributed by atoms with van der Waals surface area (Å²) in [6.07, 6.45) is 0. The standard InChI is InChI=1S/C17H13N3O2/c1-11-7-10-15(22-11)14-9-8-13-16(18-14)19-20(17(13)21)12-5-3-2-4-6-12/h2-10H,1H3,(H,18,19). The summed E-state index contributed by atoms with van der Waals surface area (Å²) < 4.78 is 7.07. The largest absolute Gasteiger partial charge is 0.460 e. The number of H-pyrrole nitrogens is 1. The molecule has 5 nitrogen and oxygen atoms in total. The van der Waals surface area contributed by atoms with E-state index in [9.17, 15) is 4.79 Å². The van der Waals surface area contributed by atoms with Crippen molar-refractivity contribution in [2.24, 2.45) is 0 Å². The number of nitrogens with zero attached hydrogens (tertiary/aromatic N) is 2. The predicted molar refractivity (Wildman–Crippen MR) is 84.1 cm³/mol. The average molecular weight is 291 g/mol. The number of rotatable bonds is 2. The molecule has 0 radical (unpaired) electrons. The smallest absolute Gasteiger partial charge is 0.280 e. The summed E-state index contributed by atoms with van der Waals surface area (Å²) in [5.74, 6) is 1.51. The molecule has 1 N–H and O–H groups in total. The van der Waals surface area contributed by atoms with E-state index in [1.165, 1.54) is 4.68 Å². The second-order valence-electron chi connectivity index (χ2n) is 5.09. The van der Waals surface area contributed by atoms with Gasteiger partial charge in [-0.3, -0.25) is 9.89 Å². The van der Waals surface area contributed by atoms with E-state index in [0.29, 0.717) is 22.5 Å². The summed E-state index contributed by atoms with van der Waals surface area (Å²) in [6.45, 7) is 1.88. The maximum atomic E-state index is 12.4. The van der Waals surface area contributed by atoms with Gasteiger partial charge in [0, 0.05) is 0 Å². The van der Waals surface area contributed by atoms with Gasteiger partial charge in [0.15, 0.2) is 11.4 Å². The van der Waals surface area contributed by atoms with Gasteiger partial charge >= 0.3 is 0 Å². The first-order chi connectivity index (χ1) is 10.7. The van der Waals surface area contributed by atoms with Gasteiger partial charge in [0.05, 0.1) is 11.1 Å². The number of furan rings is 1. The first-order valence-corrected chi connectivity index (χ1v) is 6.96. The van der Waals surface area contributed by atoms with Gasteiger partial charge in [-0.25, -0.2) is 9.67 Å². The Kier molecular flexibility index (Phi) is 2.72. The number of aryl methyl sites for hydroxylation is 1. The molecule has 0 amide bonds. The fourth-order valence-electron chi connectivity index (χ4n) is 2.46. The zero-order valence-corrected chi connectivity index (χ0v) is 11.9. The Bertz CT molecular complexity index is 1010. The van der Waals surface area contributed by atoms with Crippen LogP contribution in [-0.4, -0.2) is 14.8 Å². The summed E-state index contributed by atoms with van der Waals surface area (Å²) in [6, 6.07) is 16.7. The fraction of sp³-hybridized carbons (Fsp3) is 0.0588. The van der Waals surface area contributed by atoms with Crippen molar-refractivity contribution in [3.8, 4) is 17.1 Å². The zero-order chi connectivity index (χ0) is 15.1. The van der Waals surface area contributed by atoms with Crippen LogP contribution < -0.4 is 5.56 Å². The number of hydrogen-bond donors (Lipinski definition) is 1. The number of para-hydroxylation sites is 1. The van der Waals surface area contributed by atoms with Crippen molar-refractivity contribution in [3.05, 3.63) is 70.7 Å². The molecule has 0 atom stereocenters. The highest BCUT2D eigenvalue weighted by molar-refractivity contribution is 5.77. The van der Waals surface area contributed by atoms with Crippen LogP contribution >= 0.6 is 0 Å². The van der Waals surface area contributed by atoms with Crippen LogP contribution in [0.1, 0.15) is 5.76 Å². The molecular formula is C17H13N3O2. The van der Waals surface area contributed by atoms with Crippen molar-refractivity contribution in [3.63, 3.8) is 0 Å². The van der Waals surface area contributed by atoms with E-state index in [0.717, 1.165) is 11.4 Å². The minimum Gasteiger partial charge on any atom is -0.460 e. The highest BCUT2D eigenvalue weighted by Gasteiger charge is 2.12. The van der Waals surface area contributed by atoms with Crippen molar-refractivity contribution in [1.82, 2.24) is 14.8 Å². The molecule has 0 saturated carbocycles. The number of aromatic amines is 1. The summed E-state index contributed by atoms with van der Waals surface area (Å²) in [5.41, 5.74) is 1.90.